The number of rotatable bonds is 2. The van der Waals surface area contributed by atoms with Crippen LogP contribution in [0, 0.1) is 12.5 Å². The molecule has 0 bridgehead atoms. The second kappa shape index (κ2) is 6.33. The fraction of sp³-hybridized carbons (Fsp3) is 0.500. The van der Waals surface area contributed by atoms with Crippen LogP contribution in [0.3, 0.4) is 0 Å². The number of ketones is 1. The van der Waals surface area contributed by atoms with Crippen molar-refractivity contribution in [3.8, 4) is 0 Å². The van der Waals surface area contributed by atoms with Crippen LogP contribution in [0.25, 0.3) is 4.85 Å². The average molecular weight is 350 g/mol. The van der Waals surface area contributed by atoms with E-state index in [1.54, 1.807) is 19.2 Å². The van der Waals surface area contributed by atoms with E-state index in [0.29, 0.717) is 24.6 Å². The lowest BCUT2D eigenvalue weighted by Gasteiger charge is -2.37. The molecule has 6 heteroatoms. The van der Waals surface area contributed by atoms with Gasteiger partial charge in [-0.25, -0.2) is 9.83 Å². The van der Waals surface area contributed by atoms with Crippen LogP contribution in [0.4, 0.5) is 11.5 Å². The first-order chi connectivity index (χ1) is 12.5. The van der Waals surface area contributed by atoms with E-state index in [2.05, 4.69) is 14.7 Å². The summed E-state index contributed by atoms with van der Waals surface area (Å²) < 4.78 is 0. The Hall–Kier alpha value is -2.52. The van der Waals surface area contributed by atoms with E-state index in [4.69, 9.17) is 11.6 Å². The second-order valence-corrected chi connectivity index (χ2v) is 7.59. The van der Waals surface area contributed by atoms with Crippen molar-refractivity contribution in [3.63, 3.8) is 0 Å². The van der Waals surface area contributed by atoms with Gasteiger partial charge < -0.3 is 10.0 Å². The Balaban J connectivity index is 1.49. The van der Waals surface area contributed by atoms with Gasteiger partial charge >= 0.3 is 0 Å². The SMILES string of the molecule is [C-]#[N+]c1ccnc(N2CCC(C3=NCC4=C3C(C)(O)CC(=O)C4)CC2)c1. The van der Waals surface area contributed by atoms with Crippen LogP contribution in [-0.4, -0.2) is 46.8 Å². The number of aromatic nitrogens is 1. The molecule has 1 N–H and O–H groups in total. The van der Waals surface area contributed by atoms with Crippen molar-refractivity contribution in [3.05, 3.63) is 40.9 Å². The molecule has 4 rings (SSSR count). The molecule has 0 amide bonds. The number of carbonyl (C=O) groups excluding carboxylic acids is 1. The summed E-state index contributed by atoms with van der Waals surface area (Å²) in [5.74, 6) is 1.26. The predicted molar refractivity (Wildman–Crippen MR) is 99.6 cm³/mol. The molecular formula is C20H22N4O2. The van der Waals surface area contributed by atoms with Crippen molar-refractivity contribution in [2.24, 2.45) is 10.9 Å². The van der Waals surface area contributed by atoms with E-state index in [1.165, 1.54) is 0 Å². The Morgan fingerprint density at radius 1 is 1.38 bits per heavy atom. The summed E-state index contributed by atoms with van der Waals surface area (Å²) in [5, 5.41) is 10.8. The van der Waals surface area contributed by atoms with E-state index < -0.39 is 5.60 Å². The van der Waals surface area contributed by atoms with Crippen molar-refractivity contribution < 1.29 is 9.90 Å². The number of hydrogen-bond acceptors (Lipinski definition) is 5. The minimum atomic E-state index is -1.08. The van der Waals surface area contributed by atoms with Crippen molar-refractivity contribution in [2.75, 3.05) is 24.5 Å². The summed E-state index contributed by atoms with van der Waals surface area (Å²) in [6.07, 6.45) is 4.18. The molecule has 134 valence electrons. The van der Waals surface area contributed by atoms with Crippen molar-refractivity contribution in [1.82, 2.24) is 4.98 Å². The average Bonchev–Trinajstić information content (AvgIpc) is 3.06. The number of aliphatic imine (C=N–C) groups is 1. The lowest BCUT2D eigenvalue weighted by atomic mass is 9.74. The zero-order valence-corrected chi connectivity index (χ0v) is 14.9. The van der Waals surface area contributed by atoms with Gasteiger partial charge in [0.2, 0.25) is 0 Å². The molecule has 1 unspecified atom stereocenters. The largest absolute Gasteiger partial charge is 0.385 e. The lowest BCUT2D eigenvalue weighted by Crippen LogP contribution is -2.42. The molecule has 0 saturated carbocycles. The molecular weight excluding hydrogens is 328 g/mol. The molecule has 0 spiro atoms. The molecule has 2 aliphatic heterocycles. The Labute approximate surface area is 153 Å². The predicted octanol–water partition coefficient (Wildman–Crippen LogP) is 2.71. The maximum absolute atomic E-state index is 11.9. The van der Waals surface area contributed by atoms with Gasteiger partial charge in [-0.1, -0.05) is 0 Å². The molecule has 26 heavy (non-hydrogen) atoms. The number of hydrogen-bond donors (Lipinski definition) is 1. The van der Waals surface area contributed by atoms with E-state index >= 15 is 0 Å². The number of piperidine rings is 1. The Morgan fingerprint density at radius 2 is 2.15 bits per heavy atom. The number of pyridine rings is 1. The highest BCUT2D eigenvalue weighted by Crippen LogP contribution is 2.40. The van der Waals surface area contributed by atoms with Gasteiger partial charge in [-0.05, 0) is 37.5 Å². The van der Waals surface area contributed by atoms with Gasteiger partial charge in [0.15, 0.2) is 5.69 Å². The van der Waals surface area contributed by atoms with Gasteiger partial charge in [0, 0.05) is 49.3 Å². The highest BCUT2D eigenvalue weighted by Gasteiger charge is 2.43. The second-order valence-electron chi connectivity index (χ2n) is 7.59. The molecule has 1 saturated heterocycles. The van der Waals surface area contributed by atoms with Gasteiger partial charge in [0.25, 0.3) is 0 Å². The smallest absolute Gasteiger partial charge is 0.192 e. The topological polar surface area (TPSA) is 70.2 Å². The summed E-state index contributed by atoms with van der Waals surface area (Å²) in [6, 6.07) is 3.55. The fourth-order valence-corrected chi connectivity index (χ4v) is 4.46. The van der Waals surface area contributed by atoms with Crippen LogP contribution in [-0.2, 0) is 4.79 Å². The molecule has 1 fully saturated rings. The first-order valence-electron chi connectivity index (χ1n) is 9.07. The van der Waals surface area contributed by atoms with Gasteiger partial charge in [0.1, 0.15) is 11.6 Å². The Bertz CT molecular complexity index is 855. The third-order valence-corrected chi connectivity index (χ3v) is 5.60. The lowest BCUT2D eigenvalue weighted by molar-refractivity contribution is -0.122. The molecule has 1 aromatic heterocycles. The van der Waals surface area contributed by atoms with Crippen molar-refractivity contribution >= 4 is 23.0 Å². The summed E-state index contributed by atoms with van der Waals surface area (Å²) >= 11 is 0. The molecule has 1 aliphatic carbocycles. The third-order valence-electron chi connectivity index (χ3n) is 5.60. The number of anilines is 1. The molecule has 0 aromatic carbocycles. The standard InChI is InChI=1S/C20H22N4O2/c1-20(26)11-16(25)9-14-12-23-19(18(14)20)13-4-7-24(8-5-13)17-10-15(21-2)3-6-22-17/h3,6,10,13,26H,4-5,7-9,11-12H2,1H3. The normalized spacial score (nSPS) is 26.6. The molecule has 6 nitrogen and oxygen atoms in total. The van der Waals surface area contributed by atoms with Crippen LogP contribution >= 0.6 is 0 Å². The minimum absolute atomic E-state index is 0.103. The molecule has 0 radical (unpaired) electrons. The Morgan fingerprint density at radius 3 is 2.88 bits per heavy atom. The first-order valence-corrected chi connectivity index (χ1v) is 9.07. The van der Waals surface area contributed by atoms with E-state index in [-0.39, 0.29) is 12.2 Å². The Kier molecular flexibility index (Phi) is 4.12. The van der Waals surface area contributed by atoms with Gasteiger partial charge in [-0.2, -0.15) is 0 Å². The zero-order valence-electron chi connectivity index (χ0n) is 14.9. The fourth-order valence-electron chi connectivity index (χ4n) is 4.46. The number of nitrogens with zero attached hydrogens (tertiary/aromatic N) is 4. The highest BCUT2D eigenvalue weighted by atomic mass is 16.3. The number of aliphatic hydroxyl groups is 1. The summed E-state index contributed by atoms with van der Waals surface area (Å²) in [6.45, 7) is 11.1. The minimum Gasteiger partial charge on any atom is -0.385 e. The zero-order chi connectivity index (χ0) is 18.3. The van der Waals surface area contributed by atoms with E-state index in [9.17, 15) is 9.90 Å². The van der Waals surface area contributed by atoms with Crippen LogP contribution < -0.4 is 4.90 Å². The maximum atomic E-state index is 11.9. The van der Waals surface area contributed by atoms with E-state index in [0.717, 1.165) is 48.6 Å². The van der Waals surface area contributed by atoms with Crippen molar-refractivity contribution in [1.29, 1.82) is 0 Å². The van der Waals surface area contributed by atoms with Gasteiger partial charge in [-0.15, -0.1) is 0 Å². The van der Waals surface area contributed by atoms with Crippen LogP contribution in [0.1, 0.15) is 32.6 Å². The van der Waals surface area contributed by atoms with Crippen molar-refractivity contribution in [2.45, 2.75) is 38.2 Å². The quantitative estimate of drug-likeness (QED) is 0.833. The van der Waals surface area contributed by atoms with Crippen LogP contribution in [0.15, 0.2) is 34.5 Å². The highest BCUT2D eigenvalue weighted by molar-refractivity contribution is 6.08. The number of Topliss-reactive ketones (excluding diaryl/α,β-unsaturated/α-hetero) is 1. The summed E-state index contributed by atoms with van der Waals surface area (Å²) in [4.78, 5) is 26.7. The van der Waals surface area contributed by atoms with Crippen LogP contribution in [0.5, 0.6) is 0 Å². The summed E-state index contributed by atoms with van der Waals surface area (Å²) in [5.41, 5.74) is 2.48. The number of carbonyl (C=O) groups is 1. The van der Waals surface area contributed by atoms with Gasteiger partial charge in [-0.3, -0.25) is 9.79 Å². The molecule has 1 aromatic rings. The summed E-state index contributed by atoms with van der Waals surface area (Å²) in [7, 11) is 0. The van der Waals surface area contributed by atoms with E-state index in [1.807, 2.05) is 6.07 Å². The van der Waals surface area contributed by atoms with Crippen LogP contribution in [0.2, 0.25) is 0 Å². The first kappa shape index (κ1) is 16.9. The molecule has 1 atom stereocenters. The third kappa shape index (κ3) is 2.93. The maximum Gasteiger partial charge on any atom is 0.192 e. The molecule has 3 aliphatic rings. The molecule has 3 heterocycles. The van der Waals surface area contributed by atoms with Gasteiger partial charge in [0.05, 0.1) is 18.7 Å². The monoisotopic (exact) mass is 350 g/mol.